The van der Waals surface area contributed by atoms with Crippen molar-refractivity contribution in [3.05, 3.63) is 51.8 Å². The van der Waals surface area contributed by atoms with E-state index in [-0.39, 0.29) is 12.5 Å². The number of aliphatic hydroxyl groups excluding tert-OH is 1. The molecule has 3 aromatic rings. The van der Waals surface area contributed by atoms with Crippen molar-refractivity contribution in [2.75, 3.05) is 6.61 Å². The first-order valence-corrected chi connectivity index (χ1v) is 8.75. The average Bonchev–Trinajstić information content (AvgIpc) is 2.94. The fourth-order valence-corrected chi connectivity index (χ4v) is 3.52. The van der Waals surface area contributed by atoms with Crippen LogP contribution in [0.25, 0.3) is 16.9 Å². The SMILES string of the molecule is CCc1nn2c(-c3ccc(Cl)cc3Cl)ccnc2c1C(C)CCO. The summed E-state index contributed by atoms with van der Waals surface area (Å²) in [6.45, 7) is 4.31. The number of rotatable bonds is 5. The van der Waals surface area contributed by atoms with Gasteiger partial charge in [-0.05, 0) is 43.0 Å². The Bertz CT molecular complexity index is 876. The maximum atomic E-state index is 9.29. The summed E-state index contributed by atoms with van der Waals surface area (Å²) in [5.41, 5.74) is 4.65. The standard InChI is InChI=1S/C18H19Cl2N3O/c1-3-15-17(11(2)7-9-24)18-21-8-6-16(23(18)22-15)13-5-4-12(19)10-14(13)20/h4-6,8,10-11,24H,3,7,9H2,1-2H3. The number of aryl methyl sites for hydroxylation is 1. The van der Waals surface area contributed by atoms with Gasteiger partial charge in [0.15, 0.2) is 5.65 Å². The molecule has 0 spiro atoms. The number of hydrogen-bond donors (Lipinski definition) is 1. The molecule has 0 bridgehead atoms. The van der Waals surface area contributed by atoms with E-state index >= 15 is 0 Å². The molecule has 24 heavy (non-hydrogen) atoms. The fraction of sp³-hybridized carbons (Fsp3) is 0.333. The Kier molecular flexibility index (Phi) is 5.09. The lowest BCUT2D eigenvalue weighted by Gasteiger charge is -2.10. The Morgan fingerprint density at radius 3 is 2.71 bits per heavy atom. The van der Waals surface area contributed by atoms with E-state index in [2.05, 4.69) is 18.8 Å². The van der Waals surface area contributed by atoms with Crippen molar-refractivity contribution >= 4 is 28.8 Å². The van der Waals surface area contributed by atoms with Gasteiger partial charge in [0, 0.05) is 29.0 Å². The largest absolute Gasteiger partial charge is 0.396 e. The number of halogens is 2. The van der Waals surface area contributed by atoms with Crippen LogP contribution in [0, 0.1) is 0 Å². The van der Waals surface area contributed by atoms with E-state index < -0.39 is 0 Å². The average molecular weight is 364 g/mol. The van der Waals surface area contributed by atoms with Crippen LogP contribution in [0.15, 0.2) is 30.5 Å². The lowest BCUT2D eigenvalue weighted by molar-refractivity contribution is 0.278. The molecule has 0 radical (unpaired) electrons. The van der Waals surface area contributed by atoms with Crippen LogP contribution in [0.1, 0.15) is 37.4 Å². The van der Waals surface area contributed by atoms with Crippen LogP contribution in [0.4, 0.5) is 0 Å². The normalized spacial score (nSPS) is 12.7. The van der Waals surface area contributed by atoms with E-state index in [0.29, 0.717) is 16.5 Å². The summed E-state index contributed by atoms with van der Waals surface area (Å²) in [4.78, 5) is 4.54. The Hall–Kier alpha value is -1.62. The van der Waals surface area contributed by atoms with Gasteiger partial charge in [0.1, 0.15) is 0 Å². The first-order chi connectivity index (χ1) is 11.6. The summed E-state index contributed by atoms with van der Waals surface area (Å²) >= 11 is 12.4. The molecule has 4 nitrogen and oxygen atoms in total. The summed E-state index contributed by atoms with van der Waals surface area (Å²) in [7, 11) is 0. The highest BCUT2D eigenvalue weighted by Crippen LogP contribution is 2.33. The first-order valence-electron chi connectivity index (χ1n) is 7.99. The van der Waals surface area contributed by atoms with Crippen LogP contribution >= 0.6 is 23.2 Å². The van der Waals surface area contributed by atoms with E-state index in [9.17, 15) is 5.11 Å². The van der Waals surface area contributed by atoms with E-state index in [4.69, 9.17) is 28.3 Å². The number of nitrogens with zero attached hydrogens (tertiary/aromatic N) is 3. The predicted molar refractivity (Wildman–Crippen MR) is 97.9 cm³/mol. The highest BCUT2D eigenvalue weighted by Gasteiger charge is 2.20. The van der Waals surface area contributed by atoms with E-state index in [0.717, 1.165) is 34.6 Å². The third-order valence-electron chi connectivity index (χ3n) is 4.23. The molecule has 0 aliphatic heterocycles. The van der Waals surface area contributed by atoms with E-state index in [1.54, 1.807) is 12.3 Å². The van der Waals surface area contributed by atoms with Gasteiger partial charge in [0.2, 0.25) is 0 Å². The van der Waals surface area contributed by atoms with Gasteiger partial charge in [-0.25, -0.2) is 9.50 Å². The highest BCUT2D eigenvalue weighted by atomic mass is 35.5. The molecule has 1 atom stereocenters. The van der Waals surface area contributed by atoms with Gasteiger partial charge in [-0.1, -0.05) is 37.0 Å². The Morgan fingerprint density at radius 2 is 2.04 bits per heavy atom. The Morgan fingerprint density at radius 1 is 1.25 bits per heavy atom. The summed E-state index contributed by atoms with van der Waals surface area (Å²) in [6.07, 6.45) is 3.26. The molecule has 1 aromatic carbocycles. The van der Waals surface area contributed by atoms with Gasteiger partial charge < -0.3 is 5.11 Å². The van der Waals surface area contributed by atoms with Gasteiger partial charge in [-0.15, -0.1) is 0 Å². The minimum atomic E-state index is 0.143. The van der Waals surface area contributed by atoms with Gasteiger partial charge in [0.05, 0.1) is 16.4 Å². The quantitative estimate of drug-likeness (QED) is 0.711. The molecule has 0 saturated heterocycles. The molecule has 0 aliphatic carbocycles. The number of hydrogen-bond acceptors (Lipinski definition) is 3. The third kappa shape index (κ3) is 3.02. The second kappa shape index (κ2) is 7.09. The summed E-state index contributed by atoms with van der Waals surface area (Å²) in [6, 6.07) is 7.33. The van der Waals surface area contributed by atoms with Crippen LogP contribution in [-0.4, -0.2) is 26.3 Å². The summed E-state index contributed by atoms with van der Waals surface area (Å²) < 4.78 is 1.84. The first kappa shape index (κ1) is 17.2. The predicted octanol–water partition coefficient (Wildman–Crippen LogP) is 4.75. The van der Waals surface area contributed by atoms with Crippen molar-refractivity contribution in [1.29, 1.82) is 0 Å². The molecule has 3 rings (SSSR count). The van der Waals surface area contributed by atoms with Gasteiger partial charge in [-0.2, -0.15) is 5.10 Å². The molecule has 0 saturated carbocycles. The maximum absolute atomic E-state index is 9.29. The molecule has 2 heterocycles. The smallest absolute Gasteiger partial charge is 0.159 e. The van der Waals surface area contributed by atoms with Crippen molar-refractivity contribution in [3.63, 3.8) is 0 Å². The molecule has 1 unspecified atom stereocenters. The van der Waals surface area contributed by atoms with Crippen LogP contribution in [0.2, 0.25) is 10.0 Å². The number of aromatic nitrogens is 3. The molecular formula is C18H19Cl2N3O. The van der Waals surface area contributed by atoms with Crippen molar-refractivity contribution in [3.8, 4) is 11.3 Å². The zero-order chi connectivity index (χ0) is 17.3. The van der Waals surface area contributed by atoms with E-state index in [1.807, 2.05) is 22.7 Å². The van der Waals surface area contributed by atoms with Gasteiger partial charge >= 0.3 is 0 Å². The van der Waals surface area contributed by atoms with Crippen LogP contribution in [0.3, 0.4) is 0 Å². The zero-order valence-electron chi connectivity index (χ0n) is 13.6. The van der Waals surface area contributed by atoms with Crippen molar-refractivity contribution in [2.24, 2.45) is 0 Å². The minimum absolute atomic E-state index is 0.143. The van der Waals surface area contributed by atoms with Gasteiger partial charge in [0.25, 0.3) is 0 Å². The second-order valence-electron chi connectivity index (χ2n) is 5.82. The van der Waals surface area contributed by atoms with Crippen LogP contribution in [0.5, 0.6) is 0 Å². The molecule has 0 fully saturated rings. The summed E-state index contributed by atoms with van der Waals surface area (Å²) in [5.74, 6) is 0.186. The lowest BCUT2D eigenvalue weighted by atomic mass is 9.97. The zero-order valence-corrected chi connectivity index (χ0v) is 15.1. The highest BCUT2D eigenvalue weighted by molar-refractivity contribution is 6.36. The topological polar surface area (TPSA) is 50.4 Å². The fourth-order valence-electron chi connectivity index (χ4n) is 3.01. The van der Waals surface area contributed by atoms with Crippen molar-refractivity contribution < 1.29 is 5.11 Å². The second-order valence-corrected chi connectivity index (χ2v) is 6.66. The van der Waals surface area contributed by atoms with Crippen molar-refractivity contribution in [2.45, 2.75) is 32.6 Å². The van der Waals surface area contributed by atoms with Crippen LogP contribution in [-0.2, 0) is 6.42 Å². The number of fused-ring (bicyclic) bond motifs is 1. The maximum Gasteiger partial charge on any atom is 0.159 e. The molecule has 1 N–H and O–H groups in total. The molecule has 2 aromatic heterocycles. The molecular weight excluding hydrogens is 345 g/mol. The van der Waals surface area contributed by atoms with Gasteiger partial charge in [-0.3, -0.25) is 0 Å². The minimum Gasteiger partial charge on any atom is -0.396 e. The molecule has 0 amide bonds. The lowest BCUT2D eigenvalue weighted by Crippen LogP contribution is -2.01. The number of aliphatic hydroxyl groups is 1. The molecule has 0 aliphatic rings. The summed E-state index contributed by atoms with van der Waals surface area (Å²) in [5, 5.41) is 15.2. The molecule has 6 heteroatoms. The Labute approximate surface area is 151 Å². The van der Waals surface area contributed by atoms with Crippen LogP contribution < -0.4 is 0 Å². The van der Waals surface area contributed by atoms with E-state index in [1.165, 1.54) is 0 Å². The number of benzene rings is 1. The third-order valence-corrected chi connectivity index (χ3v) is 4.78. The Balaban J connectivity index is 2.24. The van der Waals surface area contributed by atoms with Crippen molar-refractivity contribution in [1.82, 2.24) is 14.6 Å². The molecule has 126 valence electrons. The monoisotopic (exact) mass is 363 g/mol.